The number of anilines is 2. The minimum absolute atomic E-state index is 0.0496. The first kappa shape index (κ1) is 19.0. The molecular weight excluding hydrogens is 378 g/mol. The van der Waals surface area contributed by atoms with Gasteiger partial charge in [0, 0.05) is 48.6 Å². The van der Waals surface area contributed by atoms with E-state index in [1.165, 1.54) is 5.56 Å². The van der Waals surface area contributed by atoms with Crippen LogP contribution in [0.5, 0.6) is 5.75 Å². The molecular formula is C24H27N3O3. The second-order valence-electron chi connectivity index (χ2n) is 8.59. The molecule has 0 aromatic heterocycles. The summed E-state index contributed by atoms with van der Waals surface area (Å²) in [6.07, 6.45) is 4.25. The summed E-state index contributed by atoms with van der Waals surface area (Å²) in [5.41, 5.74) is 5.64. The van der Waals surface area contributed by atoms with Crippen molar-refractivity contribution >= 4 is 23.2 Å². The van der Waals surface area contributed by atoms with E-state index >= 15 is 0 Å². The van der Waals surface area contributed by atoms with Crippen molar-refractivity contribution < 1.29 is 14.7 Å². The lowest BCUT2D eigenvalue weighted by Gasteiger charge is -2.41. The van der Waals surface area contributed by atoms with Gasteiger partial charge in [0.25, 0.3) is 5.91 Å². The number of β-lactam (4-membered cyclic amide) rings is 1. The maximum Gasteiger partial charge on any atom is 0.251 e. The molecule has 1 saturated heterocycles. The van der Waals surface area contributed by atoms with Crippen LogP contribution in [0.2, 0.25) is 0 Å². The molecule has 0 unspecified atom stereocenters. The summed E-state index contributed by atoms with van der Waals surface area (Å²) in [5, 5.41) is 14.2. The van der Waals surface area contributed by atoms with Gasteiger partial charge in [-0.2, -0.15) is 0 Å². The molecule has 1 fully saturated rings. The standard InChI is InChI=1S/C24H27N3O3/c1-15-6-8-17(9-7-15)25-24(30)22(27-13-10-20(27)28)19-14-16-4-2-11-26-12-3-5-18(21(16)26)23(19)29/h6-9,14,22,29H,2-5,10-13H2,1H3,(H,25,30)/t22-/m1/s1. The van der Waals surface area contributed by atoms with E-state index in [4.69, 9.17) is 0 Å². The Morgan fingerprint density at radius 1 is 1.07 bits per heavy atom. The van der Waals surface area contributed by atoms with Gasteiger partial charge in [0.05, 0.1) is 0 Å². The molecule has 6 nitrogen and oxygen atoms in total. The third-order valence-electron chi connectivity index (χ3n) is 6.58. The molecule has 0 bridgehead atoms. The molecule has 156 valence electrons. The van der Waals surface area contributed by atoms with Crippen LogP contribution in [0.4, 0.5) is 11.4 Å². The minimum atomic E-state index is -0.814. The lowest BCUT2D eigenvalue weighted by molar-refractivity contribution is -0.147. The Morgan fingerprint density at radius 2 is 1.80 bits per heavy atom. The SMILES string of the molecule is Cc1ccc(NC(=O)[C@@H](c2cc3c4c(c2O)CCCN4CCC3)N2CCC2=O)cc1. The number of aryl methyl sites for hydroxylation is 2. The lowest BCUT2D eigenvalue weighted by atomic mass is 9.86. The molecule has 6 heteroatoms. The van der Waals surface area contributed by atoms with E-state index in [0.717, 1.165) is 55.6 Å². The van der Waals surface area contributed by atoms with Crippen molar-refractivity contribution in [3.05, 3.63) is 52.6 Å². The van der Waals surface area contributed by atoms with Crippen molar-refractivity contribution in [3.8, 4) is 5.75 Å². The molecule has 1 atom stereocenters. The highest BCUT2D eigenvalue weighted by atomic mass is 16.3. The normalized spacial score (nSPS) is 18.5. The second kappa shape index (κ2) is 7.35. The molecule has 2 aromatic carbocycles. The van der Waals surface area contributed by atoms with E-state index in [-0.39, 0.29) is 17.6 Å². The van der Waals surface area contributed by atoms with Crippen molar-refractivity contribution in [2.45, 2.75) is 45.1 Å². The van der Waals surface area contributed by atoms with E-state index < -0.39 is 6.04 Å². The highest BCUT2D eigenvalue weighted by Crippen LogP contribution is 2.45. The largest absolute Gasteiger partial charge is 0.507 e. The van der Waals surface area contributed by atoms with E-state index in [2.05, 4.69) is 10.2 Å². The third kappa shape index (κ3) is 3.11. The highest BCUT2D eigenvalue weighted by molar-refractivity contribution is 5.99. The highest BCUT2D eigenvalue weighted by Gasteiger charge is 2.40. The fourth-order valence-corrected chi connectivity index (χ4v) is 4.98. The van der Waals surface area contributed by atoms with Crippen molar-refractivity contribution in [3.63, 3.8) is 0 Å². The van der Waals surface area contributed by atoms with E-state index in [0.29, 0.717) is 24.2 Å². The van der Waals surface area contributed by atoms with Crippen molar-refractivity contribution in [1.82, 2.24) is 4.90 Å². The van der Waals surface area contributed by atoms with Crippen LogP contribution < -0.4 is 10.2 Å². The zero-order chi connectivity index (χ0) is 20.8. The van der Waals surface area contributed by atoms with Crippen LogP contribution in [0.15, 0.2) is 30.3 Å². The van der Waals surface area contributed by atoms with Crippen molar-refractivity contribution in [2.75, 3.05) is 29.9 Å². The average Bonchev–Trinajstić information content (AvgIpc) is 2.75. The Labute approximate surface area is 176 Å². The number of phenols is 1. The van der Waals surface area contributed by atoms with Crippen molar-refractivity contribution in [2.24, 2.45) is 0 Å². The first-order chi connectivity index (χ1) is 14.5. The quantitative estimate of drug-likeness (QED) is 0.766. The fraction of sp³-hybridized carbons (Fsp3) is 0.417. The third-order valence-corrected chi connectivity index (χ3v) is 6.58. The average molecular weight is 405 g/mol. The first-order valence-corrected chi connectivity index (χ1v) is 10.8. The second-order valence-corrected chi connectivity index (χ2v) is 8.59. The molecule has 2 N–H and O–H groups in total. The number of rotatable bonds is 4. The zero-order valence-corrected chi connectivity index (χ0v) is 17.3. The fourth-order valence-electron chi connectivity index (χ4n) is 4.98. The molecule has 0 aliphatic carbocycles. The number of hydrogen-bond acceptors (Lipinski definition) is 4. The van der Waals surface area contributed by atoms with Gasteiger partial charge in [0.2, 0.25) is 5.91 Å². The van der Waals surface area contributed by atoms with Gasteiger partial charge in [-0.1, -0.05) is 17.7 Å². The van der Waals surface area contributed by atoms with Crippen LogP contribution in [0.25, 0.3) is 0 Å². The smallest absolute Gasteiger partial charge is 0.251 e. The predicted molar refractivity (Wildman–Crippen MR) is 116 cm³/mol. The molecule has 30 heavy (non-hydrogen) atoms. The van der Waals surface area contributed by atoms with Crippen LogP contribution in [0.3, 0.4) is 0 Å². The van der Waals surface area contributed by atoms with Crippen LogP contribution in [0.1, 0.15) is 47.6 Å². The van der Waals surface area contributed by atoms with Gasteiger partial charge < -0.3 is 20.2 Å². The van der Waals surface area contributed by atoms with E-state index in [9.17, 15) is 14.7 Å². The van der Waals surface area contributed by atoms with Crippen LogP contribution >= 0.6 is 0 Å². The molecule has 3 aliphatic rings. The number of carbonyl (C=O) groups excluding carboxylic acids is 2. The van der Waals surface area contributed by atoms with Crippen LogP contribution in [-0.4, -0.2) is 41.5 Å². The van der Waals surface area contributed by atoms with Crippen molar-refractivity contribution in [1.29, 1.82) is 0 Å². The van der Waals surface area contributed by atoms with Gasteiger partial charge in [0.1, 0.15) is 11.8 Å². The lowest BCUT2D eigenvalue weighted by Crippen LogP contribution is -2.49. The first-order valence-electron chi connectivity index (χ1n) is 10.8. The molecule has 5 rings (SSSR count). The summed E-state index contributed by atoms with van der Waals surface area (Å²) >= 11 is 0. The van der Waals surface area contributed by atoms with Gasteiger partial charge in [-0.15, -0.1) is 0 Å². The molecule has 2 amide bonds. The Bertz CT molecular complexity index is 1010. The van der Waals surface area contributed by atoms with Crippen LogP contribution in [-0.2, 0) is 22.4 Å². The summed E-state index contributed by atoms with van der Waals surface area (Å²) in [4.78, 5) is 29.6. The molecule has 0 saturated carbocycles. The maximum atomic E-state index is 13.3. The Hall–Kier alpha value is -3.02. The molecule has 0 radical (unpaired) electrons. The summed E-state index contributed by atoms with van der Waals surface area (Å²) < 4.78 is 0. The molecule has 0 spiro atoms. The van der Waals surface area contributed by atoms with Crippen LogP contribution in [0, 0.1) is 6.92 Å². The topological polar surface area (TPSA) is 72.9 Å². The Kier molecular flexibility index (Phi) is 4.65. The number of carbonyl (C=O) groups is 2. The summed E-state index contributed by atoms with van der Waals surface area (Å²) in [7, 11) is 0. The maximum absolute atomic E-state index is 13.3. The predicted octanol–water partition coefficient (Wildman–Crippen LogP) is 3.31. The molecule has 3 heterocycles. The van der Waals surface area contributed by atoms with Gasteiger partial charge in [0.15, 0.2) is 0 Å². The Morgan fingerprint density at radius 3 is 2.47 bits per heavy atom. The van der Waals surface area contributed by atoms with E-state index in [1.807, 2.05) is 37.3 Å². The van der Waals surface area contributed by atoms with Gasteiger partial charge in [-0.25, -0.2) is 0 Å². The summed E-state index contributed by atoms with van der Waals surface area (Å²) in [5.74, 6) is -0.145. The number of phenolic OH excluding ortho intramolecular Hbond substituents is 1. The number of aromatic hydroxyl groups is 1. The van der Waals surface area contributed by atoms with Gasteiger partial charge in [-0.05, 0) is 56.4 Å². The number of nitrogens with zero attached hydrogens (tertiary/aromatic N) is 2. The monoisotopic (exact) mass is 405 g/mol. The number of likely N-dealkylation sites (tertiary alicyclic amines) is 1. The summed E-state index contributed by atoms with van der Waals surface area (Å²) in [6, 6.07) is 8.75. The van der Waals surface area contributed by atoms with Gasteiger partial charge >= 0.3 is 0 Å². The van der Waals surface area contributed by atoms with E-state index in [1.54, 1.807) is 4.90 Å². The Balaban J connectivity index is 1.56. The zero-order valence-electron chi connectivity index (χ0n) is 17.3. The molecule has 2 aromatic rings. The number of nitrogens with one attached hydrogen (secondary N) is 1. The minimum Gasteiger partial charge on any atom is -0.507 e. The van der Waals surface area contributed by atoms with Gasteiger partial charge in [-0.3, -0.25) is 9.59 Å². The summed E-state index contributed by atoms with van der Waals surface area (Å²) in [6.45, 7) is 4.55. The number of hydrogen-bond donors (Lipinski definition) is 2. The number of benzene rings is 2. The molecule has 3 aliphatic heterocycles. The number of amides is 2.